The molecular weight excluding hydrogens is 133 g/mol. The lowest BCUT2D eigenvalue weighted by molar-refractivity contribution is -0.123. The number of hydrogen-bond donors (Lipinski definition) is 1. The monoisotopic (exact) mass is 145 g/mol. The molecule has 1 amide bonds. The molecule has 0 aromatic rings. The quantitative estimate of drug-likeness (QED) is 0.636. The van der Waals surface area contributed by atoms with Crippen molar-refractivity contribution in [3.05, 3.63) is 12.4 Å². The molecule has 0 fully saturated rings. The molecule has 0 saturated heterocycles. The standard InChI is InChI=1S/C7H12FNO/c1-5(2)7(10)9-4-6(3)8/h5H,3-4H2,1-2H3,(H,9,10). The molecule has 3 heteroatoms. The lowest BCUT2D eigenvalue weighted by atomic mass is 10.2. The van der Waals surface area contributed by atoms with Crippen LogP contribution in [0.1, 0.15) is 13.8 Å². The summed E-state index contributed by atoms with van der Waals surface area (Å²) >= 11 is 0. The Morgan fingerprint density at radius 3 is 2.50 bits per heavy atom. The van der Waals surface area contributed by atoms with Crippen molar-refractivity contribution in [1.82, 2.24) is 5.32 Å². The van der Waals surface area contributed by atoms with Crippen LogP contribution in [-0.2, 0) is 4.79 Å². The predicted octanol–water partition coefficient (Wildman–Crippen LogP) is 1.24. The molecule has 0 unspecified atom stereocenters. The van der Waals surface area contributed by atoms with E-state index in [1.165, 1.54) is 0 Å². The zero-order chi connectivity index (χ0) is 8.15. The normalized spacial score (nSPS) is 9.60. The Labute approximate surface area is 60.1 Å². The van der Waals surface area contributed by atoms with Crippen LogP contribution in [0.4, 0.5) is 4.39 Å². The average Bonchev–Trinajstić information content (AvgIpc) is 1.82. The number of amides is 1. The fourth-order valence-electron chi connectivity index (χ4n) is 0.387. The van der Waals surface area contributed by atoms with Crippen molar-refractivity contribution in [1.29, 1.82) is 0 Å². The minimum absolute atomic E-state index is 0.0724. The van der Waals surface area contributed by atoms with E-state index < -0.39 is 5.83 Å². The van der Waals surface area contributed by atoms with E-state index in [1.807, 2.05) is 0 Å². The Balaban J connectivity index is 3.50. The van der Waals surface area contributed by atoms with Crippen LogP contribution >= 0.6 is 0 Å². The van der Waals surface area contributed by atoms with Gasteiger partial charge in [0.05, 0.1) is 6.54 Å². The molecule has 10 heavy (non-hydrogen) atoms. The molecule has 0 atom stereocenters. The van der Waals surface area contributed by atoms with Gasteiger partial charge in [-0.2, -0.15) is 0 Å². The van der Waals surface area contributed by atoms with Crippen molar-refractivity contribution in [2.75, 3.05) is 6.54 Å². The summed E-state index contributed by atoms with van der Waals surface area (Å²) in [7, 11) is 0. The van der Waals surface area contributed by atoms with Gasteiger partial charge in [0.25, 0.3) is 0 Å². The van der Waals surface area contributed by atoms with Crippen molar-refractivity contribution < 1.29 is 9.18 Å². The third kappa shape index (κ3) is 4.06. The van der Waals surface area contributed by atoms with Gasteiger partial charge in [-0.1, -0.05) is 20.4 Å². The second kappa shape index (κ2) is 4.04. The van der Waals surface area contributed by atoms with Gasteiger partial charge in [0.2, 0.25) is 5.91 Å². The molecule has 58 valence electrons. The van der Waals surface area contributed by atoms with E-state index in [0.717, 1.165) is 0 Å². The summed E-state index contributed by atoms with van der Waals surface area (Å²) in [6.45, 7) is 6.43. The van der Waals surface area contributed by atoms with Crippen LogP contribution in [0, 0.1) is 5.92 Å². The summed E-state index contributed by atoms with van der Waals surface area (Å²) in [5.41, 5.74) is 0. The molecule has 2 nitrogen and oxygen atoms in total. The SMILES string of the molecule is C=C(F)CNC(=O)C(C)C. The molecule has 1 N–H and O–H groups in total. The fourth-order valence-corrected chi connectivity index (χ4v) is 0.387. The molecule has 0 aromatic heterocycles. The van der Waals surface area contributed by atoms with E-state index >= 15 is 0 Å². The van der Waals surface area contributed by atoms with E-state index in [1.54, 1.807) is 13.8 Å². The minimum Gasteiger partial charge on any atom is -0.349 e. The molecule has 0 aliphatic heterocycles. The summed E-state index contributed by atoms with van der Waals surface area (Å²) in [5.74, 6) is -0.771. The number of carbonyl (C=O) groups is 1. The van der Waals surface area contributed by atoms with Gasteiger partial charge in [0.1, 0.15) is 5.83 Å². The molecule has 0 aliphatic rings. The minimum atomic E-state index is -0.519. The second-order valence-electron chi connectivity index (χ2n) is 2.39. The third-order valence-electron chi connectivity index (χ3n) is 0.979. The van der Waals surface area contributed by atoms with E-state index in [2.05, 4.69) is 11.9 Å². The second-order valence-corrected chi connectivity index (χ2v) is 2.39. The van der Waals surface area contributed by atoms with Crippen LogP contribution < -0.4 is 5.32 Å². The van der Waals surface area contributed by atoms with Gasteiger partial charge in [-0.05, 0) is 0 Å². The lowest BCUT2D eigenvalue weighted by Gasteiger charge is -2.04. The molecule has 0 heterocycles. The predicted molar refractivity (Wildman–Crippen MR) is 38.1 cm³/mol. The van der Waals surface area contributed by atoms with Gasteiger partial charge in [0.15, 0.2) is 0 Å². The lowest BCUT2D eigenvalue weighted by Crippen LogP contribution is -2.28. The average molecular weight is 145 g/mol. The fraction of sp³-hybridized carbons (Fsp3) is 0.571. The molecule has 0 saturated carbocycles. The largest absolute Gasteiger partial charge is 0.349 e. The first kappa shape index (κ1) is 9.14. The Morgan fingerprint density at radius 2 is 2.20 bits per heavy atom. The number of nitrogens with one attached hydrogen (secondary N) is 1. The summed E-state index contributed by atoms with van der Waals surface area (Å²) in [6, 6.07) is 0. The highest BCUT2D eigenvalue weighted by Crippen LogP contribution is 1.92. The van der Waals surface area contributed by atoms with E-state index in [9.17, 15) is 9.18 Å². The van der Waals surface area contributed by atoms with Gasteiger partial charge >= 0.3 is 0 Å². The number of rotatable bonds is 3. The van der Waals surface area contributed by atoms with Gasteiger partial charge in [0, 0.05) is 5.92 Å². The Bertz CT molecular complexity index is 143. The number of carbonyl (C=O) groups excluding carboxylic acids is 1. The molecular formula is C7H12FNO. The smallest absolute Gasteiger partial charge is 0.222 e. The maximum absolute atomic E-state index is 11.9. The van der Waals surface area contributed by atoms with Crippen LogP contribution in [0.25, 0.3) is 0 Å². The zero-order valence-corrected chi connectivity index (χ0v) is 6.28. The van der Waals surface area contributed by atoms with Crippen LogP contribution in [0.3, 0.4) is 0 Å². The molecule has 0 aliphatic carbocycles. The maximum Gasteiger partial charge on any atom is 0.222 e. The number of hydrogen-bond acceptors (Lipinski definition) is 1. The molecule has 0 spiro atoms. The molecule has 0 bridgehead atoms. The van der Waals surface area contributed by atoms with Crippen molar-refractivity contribution in [3.63, 3.8) is 0 Å². The van der Waals surface area contributed by atoms with Gasteiger partial charge in [-0.25, -0.2) is 4.39 Å². The van der Waals surface area contributed by atoms with Gasteiger partial charge in [-0.3, -0.25) is 4.79 Å². The Morgan fingerprint density at radius 1 is 1.70 bits per heavy atom. The first-order valence-electron chi connectivity index (χ1n) is 3.15. The van der Waals surface area contributed by atoms with E-state index in [4.69, 9.17) is 0 Å². The zero-order valence-electron chi connectivity index (χ0n) is 6.28. The molecule has 0 rings (SSSR count). The highest BCUT2D eigenvalue weighted by Gasteiger charge is 2.04. The van der Waals surface area contributed by atoms with Gasteiger partial charge < -0.3 is 5.32 Å². The van der Waals surface area contributed by atoms with Crippen molar-refractivity contribution in [3.8, 4) is 0 Å². The Hall–Kier alpha value is -0.860. The Kier molecular flexibility index (Phi) is 3.69. The molecule has 0 radical (unpaired) electrons. The van der Waals surface area contributed by atoms with Crippen LogP contribution in [-0.4, -0.2) is 12.5 Å². The van der Waals surface area contributed by atoms with Crippen molar-refractivity contribution >= 4 is 5.91 Å². The third-order valence-corrected chi connectivity index (χ3v) is 0.979. The highest BCUT2D eigenvalue weighted by atomic mass is 19.1. The van der Waals surface area contributed by atoms with Crippen LogP contribution in [0.2, 0.25) is 0 Å². The van der Waals surface area contributed by atoms with Crippen molar-refractivity contribution in [2.24, 2.45) is 5.92 Å². The van der Waals surface area contributed by atoms with Crippen LogP contribution in [0.5, 0.6) is 0 Å². The van der Waals surface area contributed by atoms with Crippen LogP contribution in [0.15, 0.2) is 12.4 Å². The van der Waals surface area contributed by atoms with Crippen molar-refractivity contribution in [2.45, 2.75) is 13.8 Å². The first-order chi connectivity index (χ1) is 4.54. The van der Waals surface area contributed by atoms with E-state index in [0.29, 0.717) is 0 Å². The highest BCUT2D eigenvalue weighted by molar-refractivity contribution is 5.77. The van der Waals surface area contributed by atoms with Gasteiger partial charge in [-0.15, -0.1) is 0 Å². The topological polar surface area (TPSA) is 29.1 Å². The summed E-state index contributed by atoms with van der Waals surface area (Å²) in [6.07, 6.45) is 0. The summed E-state index contributed by atoms with van der Waals surface area (Å²) < 4.78 is 11.9. The number of halogens is 1. The molecule has 0 aromatic carbocycles. The summed E-state index contributed by atoms with van der Waals surface area (Å²) in [5, 5.41) is 2.37. The first-order valence-corrected chi connectivity index (χ1v) is 3.15. The van der Waals surface area contributed by atoms with E-state index in [-0.39, 0.29) is 18.4 Å². The summed E-state index contributed by atoms with van der Waals surface area (Å²) in [4.78, 5) is 10.7. The maximum atomic E-state index is 11.9.